The molecule has 2 amide bonds. The maximum atomic E-state index is 14.1. The van der Waals surface area contributed by atoms with E-state index in [1.165, 1.54) is 17.0 Å². The molecule has 1 aromatic heterocycles. The molecule has 0 radical (unpaired) electrons. The topological polar surface area (TPSA) is 134 Å². The van der Waals surface area contributed by atoms with Crippen molar-refractivity contribution in [1.82, 2.24) is 15.2 Å². The van der Waals surface area contributed by atoms with Gasteiger partial charge >= 0.3 is 12.0 Å². The standard InChI is InChI=1S/C31H33FN4O6/c32-20-10-8-11-21(15-20)33-24-13-5-3-1-2-4-9-19-17-31(19,29(39)40)35-27(37)25-16-22(18-36(25)28(24)38)41-30-34-23-12-6-7-14-26(23)42-30/h4,6-12,14-15,19,22,24-25,33H,1-3,5,13,16-18H2,(H,35,37)(H,39,40)/b9-4-/t19-,22+,24-,25-,31+/m0/s1. The molecule has 5 atom stereocenters. The van der Waals surface area contributed by atoms with Gasteiger partial charge in [0.1, 0.15) is 35.1 Å². The van der Waals surface area contributed by atoms with Gasteiger partial charge in [0.25, 0.3) is 0 Å². The number of fused-ring (bicyclic) bond motifs is 3. The molecule has 0 spiro atoms. The number of hydrogen-bond acceptors (Lipinski definition) is 7. The van der Waals surface area contributed by atoms with Gasteiger partial charge in [0.05, 0.1) is 6.54 Å². The number of ether oxygens (including phenoxy) is 1. The molecule has 3 N–H and O–H groups in total. The Balaban J connectivity index is 1.29. The zero-order valence-corrected chi connectivity index (χ0v) is 23.0. The quantitative estimate of drug-likeness (QED) is 0.384. The number of aliphatic carboxylic acids is 1. The van der Waals surface area contributed by atoms with Crippen molar-refractivity contribution in [3.63, 3.8) is 0 Å². The minimum absolute atomic E-state index is 0.0284. The first-order valence-corrected chi connectivity index (χ1v) is 14.4. The fourth-order valence-corrected chi connectivity index (χ4v) is 5.97. The molecule has 1 aliphatic carbocycles. The van der Waals surface area contributed by atoms with E-state index in [4.69, 9.17) is 9.15 Å². The number of para-hydroxylation sites is 2. The molecule has 11 heteroatoms. The van der Waals surface area contributed by atoms with E-state index in [0.29, 0.717) is 23.2 Å². The van der Waals surface area contributed by atoms with Crippen LogP contribution in [0.3, 0.4) is 0 Å². The van der Waals surface area contributed by atoms with E-state index in [1.54, 1.807) is 24.3 Å². The van der Waals surface area contributed by atoms with E-state index in [1.807, 2.05) is 24.3 Å². The average molecular weight is 577 g/mol. The molecular formula is C31H33FN4O6. The highest BCUT2D eigenvalue weighted by molar-refractivity contribution is 5.96. The average Bonchev–Trinajstić information content (AvgIpc) is 3.28. The van der Waals surface area contributed by atoms with E-state index in [2.05, 4.69) is 15.6 Å². The largest absolute Gasteiger partial charge is 0.479 e. The number of carbonyl (C=O) groups excluding carboxylic acids is 2. The Bertz CT molecular complexity index is 1490. The number of nitrogens with zero attached hydrogens (tertiary/aromatic N) is 2. The fourth-order valence-electron chi connectivity index (χ4n) is 5.97. The normalized spacial score (nSPS) is 29.0. The molecule has 3 heterocycles. The number of allylic oxidation sites excluding steroid dienone is 1. The van der Waals surface area contributed by atoms with E-state index in [0.717, 1.165) is 25.7 Å². The van der Waals surface area contributed by atoms with Crippen molar-refractivity contribution in [2.45, 2.75) is 68.7 Å². The summed E-state index contributed by atoms with van der Waals surface area (Å²) in [4.78, 5) is 45.9. The molecule has 3 aromatic rings. The Labute approximate surface area is 241 Å². The van der Waals surface area contributed by atoms with Crippen LogP contribution in [-0.4, -0.2) is 63.0 Å². The number of rotatable bonds is 5. The van der Waals surface area contributed by atoms with Gasteiger partial charge in [-0.2, -0.15) is 4.98 Å². The van der Waals surface area contributed by atoms with Gasteiger partial charge in [-0.05, 0) is 56.0 Å². The van der Waals surface area contributed by atoms with E-state index in [-0.39, 0.29) is 37.3 Å². The predicted octanol–water partition coefficient (Wildman–Crippen LogP) is 4.28. The molecule has 2 aliphatic heterocycles. The van der Waals surface area contributed by atoms with Crippen molar-refractivity contribution in [3.05, 3.63) is 66.5 Å². The third kappa shape index (κ3) is 5.68. The van der Waals surface area contributed by atoms with Crippen molar-refractivity contribution < 1.29 is 33.0 Å². The third-order valence-corrected chi connectivity index (χ3v) is 8.33. The zero-order valence-electron chi connectivity index (χ0n) is 23.0. The summed E-state index contributed by atoms with van der Waals surface area (Å²) in [6.45, 7) is 0.0698. The molecule has 3 aliphatic rings. The summed E-state index contributed by atoms with van der Waals surface area (Å²) in [6.07, 6.45) is 7.39. The van der Waals surface area contributed by atoms with Gasteiger partial charge < -0.3 is 29.8 Å². The van der Waals surface area contributed by atoms with Gasteiger partial charge in [-0.1, -0.05) is 43.2 Å². The number of carboxylic acid groups (broad SMARTS) is 1. The van der Waals surface area contributed by atoms with Gasteiger partial charge in [-0.3, -0.25) is 9.59 Å². The van der Waals surface area contributed by atoms with E-state index in [9.17, 15) is 23.9 Å². The number of aromatic nitrogens is 1. The van der Waals surface area contributed by atoms with Crippen LogP contribution in [0.25, 0.3) is 11.1 Å². The summed E-state index contributed by atoms with van der Waals surface area (Å²) >= 11 is 0. The van der Waals surface area contributed by atoms with Crippen molar-refractivity contribution in [2.75, 3.05) is 11.9 Å². The van der Waals surface area contributed by atoms with Crippen LogP contribution < -0.4 is 15.4 Å². The lowest BCUT2D eigenvalue weighted by Gasteiger charge is -2.30. The first kappa shape index (κ1) is 27.7. The van der Waals surface area contributed by atoms with Crippen LogP contribution in [-0.2, 0) is 14.4 Å². The number of oxazole rings is 1. The number of benzene rings is 2. The molecule has 42 heavy (non-hydrogen) atoms. The second-order valence-corrected chi connectivity index (χ2v) is 11.3. The Hall–Kier alpha value is -4.41. The Kier molecular flexibility index (Phi) is 7.57. The number of amides is 2. The SMILES string of the molecule is O=C1N[C@]2(C(=O)O)C[C@@H]2/C=C\CCCCC[C@H](Nc2cccc(F)c2)C(=O)N2C[C@H](Oc3nc4ccccc4o3)C[C@@H]12. The first-order valence-electron chi connectivity index (χ1n) is 14.4. The monoisotopic (exact) mass is 576 g/mol. The van der Waals surface area contributed by atoms with Gasteiger partial charge in [-0.15, -0.1) is 0 Å². The fraction of sp³-hybridized carbons (Fsp3) is 0.419. The van der Waals surface area contributed by atoms with Crippen molar-refractivity contribution in [2.24, 2.45) is 5.92 Å². The maximum absolute atomic E-state index is 14.1. The van der Waals surface area contributed by atoms with E-state index < -0.39 is 41.4 Å². The molecule has 10 nitrogen and oxygen atoms in total. The smallest absolute Gasteiger partial charge is 0.394 e. The van der Waals surface area contributed by atoms with Crippen LogP contribution in [0, 0.1) is 11.7 Å². The third-order valence-electron chi connectivity index (χ3n) is 8.33. The minimum atomic E-state index is -1.40. The maximum Gasteiger partial charge on any atom is 0.394 e. The molecule has 2 aromatic carbocycles. The van der Waals surface area contributed by atoms with Crippen molar-refractivity contribution >= 4 is 34.6 Å². The zero-order chi connectivity index (χ0) is 29.3. The minimum Gasteiger partial charge on any atom is -0.479 e. The second kappa shape index (κ2) is 11.5. The molecule has 1 saturated carbocycles. The van der Waals surface area contributed by atoms with Gasteiger partial charge in [0.15, 0.2) is 5.58 Å². The van der Waals surface area contributed by atoms with Gasteiger partial charge in [0.2, 0.25) is 11.8 Å². The molecule has 1 saturated heterocycles. The summed E-state index contributed by atoms with van der Waals surface area (Å²) < 4.78 is 25.7. The number of carboxylic acids is 1. The van der Waals surface area contributed by atoms with Crippen LogP contribution in [0.4, 0.5) is 10.1 Å². The second-order valence-electron chi connectivity index (χ2n) is 11.3. The van der Waals surface area contributed by atoms with E-state index >= 15 is 0 Å². The van der Waals surface area contributed by atoms with Crippen LogP contribution in [0.1, 0.15) is 44.9 Å². The van der Waals surface area contributed by atoms with Crippen LogP contribution in [0.15, 0.2) is 65.1 Å². The molecule has 0 unspecified atom stereocenters. The Morgan fingerprint density at radius 1 is 1.17 bits per heavy atom. The highest BCUT2D eigenvalue weighted by Crippen LogP contribution is 2.45. The van der Waals surface area contributed by atoms with Crippen LogP contribution in [0.5, 0.6) is 6.08 Å². The summed E-state index contributed by atoms with van der Waals surface area (Å²) in [6, 6.07) is 11.4. The summed E-state index contributed by atoms with van der Waals surface area (Å²) in [5.41, 5.74) is 0.217. The highest BCUT2D eigenvalue weighted by atomic mass is 19.1. The summed E-state index contributed by atoms with van der Waals surface area (Å²) in [5.74, 6) is -2.74. The molecule has 0 bridgehead atoms. The lowest BCUT2D eigenvalue weighted by molar-refractivity contribution is -0.145. The molecule has 2 fully saturated rings. The van der Waals surface area contributed by atoms with Crippen molar-refractivity contribution in [1.29, 1.82) is 0 Å². The number of halogens is 1. The number of anilines is 1. The van der Waals surface area contributed by atoms with Gasteiger partial charge in [0, 0.05) is 18.0 Å². The lowest BCUT2D eigenvalue weighted by Crippen LogP contribution is -2.55. The summed E-state index contributed by atoms with van der Waals surface area (Å²) in [7, 11) is 0. The number of carbonyl (C=O) groups is 3. The Morgan fingerprint density at radius 3 is 2.83 bits per heavy atom. The lowest BCUT2D eigenvalue weighted by atomic mass is 10.0. The molecular weight excluding hydrogens is 543 g/mol. The van der Waals surface area contributed by atoms with Crippen molar-refractivity contribution in [3.8, 4) is 6.08 Å². The molecule has 220 valence electrons. The Morgan fingerprint density at radius 2 is 2.02 bits per heavy atom. The van der Waals surface area contributed by atoms with Crippen LogP contribution in [0.2, 0.25) is 0 Å². The number of hydrogen-bond donors (Lipinski definition) is 3. The van der Waals surface area contributed by atoms with Crippen LogP contribution >= 0.6 is 0 Å². The summed E-state index contributed by atoms with van der Waals surface area (Å²) in [5, 5.41) is 16.0. The first-order chi connectivity index (χ1) is 20.3. The van der Waals surface area contributed by atoms with Gasteiger partial charge in [-0.25, -0.2) is 9.18 Å². The number of nitrogens with one attached hydrogen (secondary N) is 2. The highest BCUT2D eigenvalue weighted by Gasteiger charge is 2.61. The molecule has 6 rings (SSSR count). The predicted molar refractivity (Wildman–Crippen MR) is 151 cm³/mol.